The fraction of sp³-hybridized carbons (Fsp3) is 0.0370. The van der Waals surface area contributed by atoms with E-state index in [1.807, 2.05) is 35.1 Å². The molecule has 10 nitrogen and oxygen atoms in total. The topological polar surface area (TPSA) is 145 Å². The standard InChI is InChI=1S/C27H21N3O7S/c31-26(21-9-6-10-23(17-21)37-18-19-7-2-1-3-8-19)28-24-11-4-5-12-25(24)38(35,36)29-27(32)20-13-15-22(16-14-20)30(33)34/h1-17H,18H2,(H,28,31)(H,29,32). The summed E-state index contributed by atoms with van der Waals surface area (Å²) in [6.07, 6.45) is 0. The molecule has 0 aliphatic carbocycles. The maximum atomic E-state index is 13.0. The number of hydrogen-bond acceptors (Lipinski definition) is 7. The second kappa shape index (κ2) is 11.4. The SMILES string of the molecule is O=C(Nc1ccccc1S(=O)(=O)NC(=O)c1ccc([N+](=O)[O-])cc1)c1cccc(OCc2ccccc2)c1. The summed E-state index contributed by atoms with van der Waals surface area (Å²) in [5, 5.41) is 13.4. The van der Waals surface area contributed by atoms with Crippen molar-refractivity contribution in [1.29, 1.82) is 0 Å². The van der Waals surface area contributed by atoms with Gasteiger partial charge in [-0.2, -0.15) is 0 Å². The van der Waals surface area contributed by atoms with Crippen LogP contribution in [-0.2, 0) is 16.6 Å². The normalized spacial score (nSPS) is 10.8. The van der Waals surface area contributed by atoms with Gasteiger partial charge in [0.2, 0.25) is 0 Å². The summed E-state index contributed by atoms with van der Waals surface area (Å²) in [5.74, 6) is -1.11. The van der Waals surface area contributed by atoms with Crippen molar-refractivity contribution in [1.82, 2.24) is 4.72 Å². The fourth-order valence-electron chi connectivity index (χ4n) is 3.44. The van der Waals surface area contributed by atoms with E-state index in [4.69, 9.17) is 4.74 Å². The number of benzene rings is 4. The van der Waals surface area contributed by atoms with Gasteiger partial charge in [-0.25, -0.2) is 13.1 Å². The molecule has 2 amide bonds. The molecule has 0 saturated carbocycles. The molecular formula is C27H21N3O7S. The van der Waals surface area contributed by atoms with E-state index < -0.39 is 26.8 Å². The Kier molecular flexibility index (Phi) is 7.78. The summed E-state index contributed by atoms with van der Waals surface area (Å²) < 4.78 is 33.7. The zero-order valence-corrected chi connectivity index (χ0v) is 20.6. The van der Waals surface area contributed by atoms with Crippen LogP contribution in [0, 0.1) is 10.1 Å². The monoisotopic (exact) mass is 531 g/mol. The summed E-state index contributed by atoms with van der Waals surface area (Å²) >= 11 is 0. The van der Waals surface area contributed by atoms with Crippen molar-refractivity contribution < 1.29 is 27.7 Å². The molecule has 38 heavy (non-hydrogen) atoms. The van der Waals surface area contributed by atoms with Crippen molar-refractivity contribution >= 4 is 33.2 Å². The van der Waals surface area contributed by atoms with Gasteiger partial charge in [-0.15, -0.1) is 0 Å². The highest BCUT2D eigenvalue weighted by atomic mass is 32.2. The van der Waals surface area contributed by atoms with Gasteiger partial charge in [-0.05, 0) is 48.0 Å². The molecule has 0 saturated heterocycles. The number of nitrogens with one attached hydrogen (secondary N) is 2. The fourth-order valence-corrected chi connectivity index (χ4v) is 4.58. The Morgan fingerprint density at radius 1 is 0.789 bits per heavy atom. The van der Waals surface area contributed by atoms with Crippen molar-refractivity contribution in [3.63, 3.8) is 0 Å². The molecule has 4 rings (SSSR count). The lowest BCUT2D eigenvalue weighted by atomic mass is 10.2. The summed E-state index contributed by atoms with van der Waals surface area (Å²) in [5.41, 5.74) is 0.812. The summed E-state index contributed by atoms with van der Waals surface area (Å²) in [6.45, 7) is 0.307. The molecule has 0 aromatic heterocycles. The molecule has 11 heteroatoms. The van der Waals surface area contributed by atoms with Crippen molar-refractivity contribution in [2.24, 2.45) is 0 Å². The number of anilines is 1. The second-order valence-electron chi connectivity index (χ2n) is 7.99. The first-order valence-electron chi connectivity index (χ1n) is 11.2. The molecule has 0 radical (unpaired) electrons. The van der Waals surface area contributed by atoms with E-state index >= 15 is 0 Å². The molecule has 2 N–H and O–H groups in total. The van der Waals surface area contributed by atoms with E-state index in [1.165, 1.54) is 30.3 Å². The van der Waals surface area contributed by atoms with Crippen molar-refractivity contribution in [2.75, 3.05) is 5.32 Å². The Morgan fingerprint density at radius 3 is 2.18 bits per heavy atom. The number of carbonyl (C=O) groups is 2. The molecule has 0 aliphatic heterocycles. The van der Waals surface area contributed by atoms with Crippen LogP contribution in [0.25, 0.3) is 0 Å². The van der Waals surface area contributed by atoms with E-state index in [-0.39, 0.29) is 27.4 Å². The molecule has 0 atom stereocenters. The first-order valence-corrected chi connectivity index (χ1v) is 12.7. The first-order chi connectivity index (χ1) is 18.2. The van der Waals surface area contributed by atoms with Crippen molar-refractivity contribution in [3.05, 3.63) is 130 Å². The minimum Gasteiger partial charge on any atom is -0.489 e. The smallest absolute Gasteiger partial charge is 0.269 e. The lowest BCUT2D eigenvalue weighted by molar-refractivity contribution is -0.384. The van der Waals surface area contributed by atoms with Gasteiger partial charge >= 0.3 is 0 Å². The number of nitro benzene ring substituents is 1. The first kappa shape index (κ1) is 26.0. The molecule has 0 heterocycles. The molecular weight excluding hydrogens is 510 g/mol. The molecule has 0 spiro atoms. The molecule has 0 bridgehead atoms. The quantitative estimate of drug-likeness (QED) is 0.238. The highest BCUT2D eigenvalue weighted by molar-refractivity contribution is 7.90. The summed E-state index contributed by atoms with van der Waals surface area (Å²) in [4.78, 5) is 35.3. The van der Waals surface area contributed by atoms with Crippen LogP contribution in [0.4, 0.5) is 11.4 Å². The summed E-state index contributed by atoms with van der Waals surface area (Å²) in [7, 11) is -4.41. The number of sulfonamides is 1. The third-order valence-electron chi connectivity index (χ3n) is 5.34. The predicted molar refractivity (Wildman–Crippen MR) is 139 cm³/mol. The maximum absolute atomic E-state index is 13.0. The van der Waals surface area contributed by atoms with Gasteiger partial charge in [0, 0.05) is 23.3 Å². The lowest BCUT2D eigenvalue weighted by Gasteiger charge is -2.13. The van der Waals surface area contributed by atoms with Crippen LogP contribution >= 0.6 is 0 Å². The van der Waals surface area contributed by atoms with E-state index in [9.17, 15) is 28.1 Å². The van der Waals surface area contributed by atoms with Gasteiger partial charge in [0.15, 0.2) is 0 Å². The number of nitrogens with zero attached hydrogens (tertiary/aromatic N) is 1. The van der Waals surface area contributed by atoms with Crippen LogP contribution in [0.2, 0.25) is 0 Å². The largest absolute Gasteiger partial charge is 0.489 e. The number of para-hydroxylation sites is 1. The maximum Gasteiger partial charge on any atom is 0.269 e. The Balaban J connectivity index is 1.48. The predicted octanol–water partition coefficient (Wildman–Crippen LogP) is 4.54. The van der Waals surface area contributed by atoms with Crippen LogP contribution < -0.4 is 14.8 Å². The van der Waals surface area contributed by atoms with Crippen molar-refractivity contribution in [3.8, 4) is 5.75 Å². The van der Waals surface area contributed by atoms with Gasteiger partial charge in [-0.3, -0.25) is 19.7 Å². The number of carbonyl (C=O) groups excluding carboxylic acids is 2. The minimum atomic E-state index is -4.41. The van der Waals surface area contributed by atoms with Crippen LogP contribution in [0.5, 0.6) is 5.75 Å². The Hall–Kier alpha value is -5.03. The number of rotatable bonds is 9. The average molecular weight is 532 g/mol. The third kappa shape index (κ3) is 6.39. The molecule has 4 aromatic carbocycles. The lowest BCUT2D eigenvalue weighted by Crippen LogP contribution is -2.31. The van der Waals surface area contributed by atoms with Gasteiger partial charge in [0.05, 0.1) is 10.6 Å². The third-order valence-corrected chi connectivity index (χ3v) is 6.73. The average Bonchev–Trinajstić information content (AvgIpc) is 2.92. The molecule has 0 fully saturated rings. The van der Waals surface area contributed by atoms with Crippen LogP contribution in [0.3, 0.4) is 0 Å². The van der Waals surface area contributed by atoms with E-state index in [1.54, 1.807) is 18.2 Å². The number of non-ortho nitro benzene ring substituents is 1. The molecule has 0 unspecified atom stereocenters. The number of hydrogen-bond donors (Lipinski definition) is 2. The van der Waals surface area contributed by atoms with Gasteiger partial charge in [-0.1, -0.05) is 48.5 Å². The van der Waals surface area contributed by atoms with Crippen LogP contribution in [0.1, 0.15) is 26.3 Å². The summed E-state index contributed by atoms with van der Waals surface area (Å²) in [6, 6.07) is 26.0. The molecule has 192 valence electrons. The Bertz CT molecular complexity index is 1590. The van der Waals surface area contributed by atoms with E-state index in [0.29, 0.717) is 12.4 Å². The Labute approximate surface area is 218 Å². The highest BCUT2D eigenvalue weighted by Crippen LogP contribution is 2.23. The minimum absolute atomic E-state index is 0.0443. The van der Waals surface area contributed by atoms with Crippen LogP contribution in [0.15, 0.2) is 108 Å². The van der Waals surface area contributed by atoms with Gasteiger partial charge in [0.25, 0.3) is 27.5 Å². The van der Waals surface area contributed by atoms with Crippen LogP contribution in [-0.4, -0.2) is 25.2 Å². The number of ether oxygens (including phenoxy) is 1. The number of nitro groups is 1. The number of amides is 2. The molecule has 0 aliphatic rings. The van der Waals surface area contributed by atoms with E-state index in [2.05, 4.69) is 5.32 Å². The zero-order valence-electron chi connectivity index (χ0n) is 19.7. The van der Waals surface area contributed by atoms with Crippen molar-refractivity contribution in [2.45, 2.75) is 11.5 Å². The molecule has 4 aromatic rings. The van der Waals surface area contributed by atoms with E-state index in [0.717, 1.165) is 29.8 Å². The zero-order chi connectivity index (χ0) is 27.1. The van der Waals surface area contributed by atoms with Gasteiger partial charge in [0.1, 0.15) is 17.3 Å². The Morgan fingerprint density at radius 2 is 1.47 bits per heavy atom. The van der Waals surface area contributed by atoms with Gasteiger partial charge < -0.3 is 10.1 Å². The second-order valence-corrected chi connectivity index (χ2v) is 9.64. The highest BCUT2D eigenvalue weighted by Gasteiger charge is 2.23.